The van der Waals surface area contributed by atoms with Crippen LogP contribution in [0, 0.1) is 0 Å². The van der Waals surface area contributed by atoms with Crippen molar-refractivity contribution in [3.8, 4) is 5.75 Å². The highest BCUT2D eigenvalue weighted by Crippen LogP contribution is 2.29. The van der Waals surface area contributed by atoms with Crippen molar-refractivity contribution in [2.75, 3.05) is 31.7 Å². The molecule has 0 spiro atoms. The first-order chi connectivity index (χ1) is 13.1. The number of nitrogens with two attached hydrogens (primary N) is 1. The minimum absolute atomic E-state index is 0.0655. The normalized spacial score (nSPS) is 17.1. The molecule has 1 fully saturated rings. The lowest BCUT2D eigenvalue weighted by Crippen LogP contribution is -2.39. The third kappa shape index (κ3) is 3.57. The van der Waals surface area contributed by atoms with Crippen LogP contribution in [0.25, 0.3) is 10.8 Å². The fourth-order valence-corrected chi connectivity index (χ4v) is 3.37. The maximum absolute atomic E-state index is 11.4. The Bertz CT molecular complexity index is 989. The van der Waals surface area contributed by atoms with E-state index in [9.17, 15) is 4.79 Å². The number of carbonyl (C=O) groups excluding carboxylic acids is 1. The molecule has 3 aromatic rings. The second kappa shape index (κ2) is 7.25. The van der Waals surface area contributed by atoms with E-state index in [1.165, 1.54) is 0 Å². The highest BCUT2D eigenvalue weighted by atomic mass is 16.5. The first-order valence-corrected chi connectivity index (χ1v) is 8.84. The molecule has 0 saturated carbocycles. The Morgan fingerprint density at radius 1 is 1.19 bits per heavy atom. The second-order valence-corrected chi connectivity index (χ2v) is 6.54. The highest BCUT2D eigenvalue weighted by molar-refractivity contribution is 5.93. The van der Waals surface area contributed by atoms with Crippen LogP contribution in [0.4, 0.5) is 5.82 Å². The van der Waals surface area contributed by atoms with E-state index >= 15 is 0 Å². The van der Waals surface area contributed by atoms with Gasteiger partial charge in [0.2, 0.25) is 5.91 Å². The molecule has 2 heterocycles. The summed E-state index contributed by atoms with van der Waals surface area (Å²) in [4.78, 5) is 17.9. The van der Waals surface area contributed by atoms with Gasteiger partial charge in [-0.25, -0.2) is 4.98 Å². The van der Waals surface area contributed by atoms with E-state index in [4.69, 9.17) is 15.2 Å². The number of ether oxygens (including phenoxy) is 2. The number of morpholine rings is 1. The number of hydrogen-bond acceptors (Lipinski definition) is 5. The van der Waals surface area contributed by atoms with Crippen LogP contribution in [0.5, 0.6) is 5.75 Å². The molecule has 1 amide bonds. The summed E-state index contributed by atoms with van der Waals surface area (Å²) in [5, 5.41) is 2.27. The van der Waals surface area contributed by atoms with E-state index in [1.807, 2.05) is 12.1 Å². The maximum atomic E-state index is 11.4. The number of benzene rings is 2. The largest absolute Gasteiger partial charge is 0.497 e. The first kappa shape index (κ1) is 17.3. The Labute approximate surface area is 157 Å². The molecule has 2 aromatic carbocycles. The van der Waals surface area contributed by atoms with Gasteiger partial charge >= 0.3 is 0 Å². The van der Waals surface area contributed by atoms with Gasteiger partial charge in [0.1, 0.15) is 17.7 Å². The zero-order chi connectivity index (χ0) is 18.8. The highest BCUT2D eigenvalue weighted by Gasteiger charge is 2.23. The number of rotatable bonds is 4. The van der Waals surface area contributed by atoms with Gasteiger partial charge in [-0.05, 0) is 46.7 Å². The minimum atomic E-state index is -0.451. The molecule has 1 saturated heterocycles. The summed E-state index contributed by atoms with van der Waals surface area (Å²) >= 11 is 0. The fraction of sp³-hybridized carbons (Fsp3) is 0.238. The molecule has 1 aliphatic rings. The summed E-state index contributed by atoms with van der Waals surface area (Å²) in [6, 6.07) is 15.7. The maximum Gasteiger partial charge on any atom is 0.248 e. The quantitative estimate of drug-likeness (QED) is 0.771. The van der Waals surface area contributed by atoms with Gasteiger partial charge in [0, 0.05) is 24.8 Å². The topological polar surface area (TPSA) is 77.7 Å². The Morgan fingerprint density at radius 2 is 2.00 bits per heavy atom. The molecule has 4 rings (SSSR count). The van der Waals surface area contributed by atoms with Crippen LogP contribution >= 0.6 is 0 Å². The minimum Gasteiger partial charge on any atom is -0.497 e. The van der Waals surface area contributed by atoms with Crippen molar-refractivity contribution in [3.05, 3.63) is 65.9 Å². The van der Waals surface area contributed by atoms with Crippen molar-refractivity contribution in [2.24, 2.45) is 5.73 Å². The molecule has 27 heavy (non-hydrogen) atoms. The lowest BCUT2D eigenvalue weighted by molar-refractivity contribution is 0.0396. The number of nitrogens with zero attached hydrogens (tertiary/aromatic N) is 2. The Kier molecular flexibility index (Phi) is 4.64. The van der Waals surface area contributed by atoms with E-state index in [2.05, 4.69) is 34.1 Å². The van der Waals surface area contributed by atoms with E-state index in [0.717, 1.165) is 34.4 Å². The van der Waals surface area contributed by atoms with Crippen LogP contribution in [-0.4, -0.2) is 37.7 Å². The predicted molar refractivity (Wildman–Crippen MR) is 104 cm³/mol. The van der Waals surface area contributed by atoms with Gasteiger partial charge < -0.3 is 20.1 Å². The average Bonchev–Trinajstić information content (AvgIpc) is 2.73. The number of anilines is 1. The lowest BCUT2D eigenvalue weighted by Gasteiger charge is -2.34. The summed E-state index contributed by atoms with van der Waals surface area (Å²) in [5.74, 6) is 1.13. The van der Waals surface area contributed by atoms with Crippen molar-refractivity contribution in [1.29, 1.82) is 0 Å². The van der Waals surface area contributed by atoms with Gasteiger partial charge in [-0.3, -0.25) is 4.79 Å². The number of aromatic nitrogens is 1. The number of fused-ring (bicyclic) bond motifs is 1. The molecule has 138 valence electrons. The van der Waals surface area contributed by atoms with Crippen molar-refractivity contribution >= 4 is 22.5 Å². The van der Waals surface area contributed by atoms with Crippen molar-refractivity contribution in [1.82, 2.24) is 4.98 Å². The molecule has 6 heteroatoms. The molecule has 1 atom stereocenters. The van der Waals surface area contributed by atoms with Gasteiger partial charge in [0.05, 0.1) is 13.7 Å². The van der Waals surface area contributed by atoms with Gasteiger partial charge in [-0.15, -0.1) is 0 Å². The molecule has 2 N–H and O–H groups in total. The molecule has 0 bridgehead atoms. The van der Waals surface area contributed by atoms with Crippen LogP contribution in [-0.2, 0) is 4.74 Å². The zero-order valence-corrected chi connectivity index (χ0v) is 15.1. The molecule has 6 nitrogen and oxygen atoms in total. The number of amides is 1. The van der Waals surface area contributed by atoms with Gasteiger partial charge in [-0.1, -0.05) is 18.2 Å². The van der Waals surface area contributed by atoms with E-state index in [0.29, 0.717) is 18.7 Å². The van der Waals surface area contributed by atoms with E-state index in [1.54, 1.807) is 25.4 Å². The van der Waals surface area contributed by atoms with Gasteiger partial charge in [-0.2, -0.15) is 0 Å². The van der Waals surface area contributed by atoms with Crippen LogP contribution < -0.4 is 15.4 Å². The smallest absolute Gasteiger partial charge is 0.248 e. The number of carbonyl (C=O) groups is 1. The molecule has 1 aromatic heterocycles. The summed E-state index contributed by atoms with van der Waals surface area (Å²) < 4.78 is 11.3. The average molecular weight is 363 g/mol. The van der Waals surface area contributed by atoms with Crippen LogP contribution in [0.15, 0.2) is 54.7 Å². The SMILES string of the molecule is COc1ccc2cc(C3CN(c4cc(C(N)=O)ccn4)CCO3)ccc2c1. The Morgan fingerprint density at radius 3 is 2.81 bits per heavy atom. The number of hydrogen-bond donors (Lipinski definition) is 1. The third-order valence-electron chi connectivity index (χ3n) is 4.86. The number of primary amides is 1. The molecule has 0 aliphatic carbocycles. The zero-order valence-electron chi connectivity index (χ0n) is 15.1. The van der Waals surface area contributed by atoms with Gasteiger partial charge in [0.25, 0.3) is 0 Å². The monoisotopic (exact) mass is 363 g/mol. The predicted octanol–water partition coefficient (Wildman–Crippen LogP) is 2.92. The Hall–Kier alpha value is -3.12. The van der Waals surface area contributed by atoms with Crippen LogP contribution in [0.2, 0.25) is 0 Å². The standard InChI is InChI=1S/C21H21N3O3/c1-26-18-5-4-14-10-16(3-2-15(14)11-18)19-13-24(8-9-27-19)20-12-17(21(22)25)6-7-23-20/h2-7,10-12,19H,8-9,13H2,1H3,(H2,22,25). The number of methoxy groups -OCH3 is 1. The van der Waals surface area contributed by atoms with Gasteiger partial charge in [0.15, 0.2) is 0 Å². The summed E-state index contributed by atoms with van der Waals surface area (Å²) in [5.41, 5.74) is 6.96. The second-order valence-electron chi connectivity index (χ2n) is 6.54. The van der Waals surface area contributed by atoms with E-state index in [-0.39, 0.29) is 6.10 Å². The Balaban J connectivity index is 1.58. The van der Waals surface area contributed by atoms with Crippen LogP contribution in [0.1, 0.15) is 22.0 Å². The summed E-state index contributed by atoms with van der Waals surface area (Å²) in [7, 11) is 1.67. The summed E-state index contributed by atoms with van der Waals surface area (Å²) in [6.45, 7) is 1.97. The number of pyridine rings is 1. The molecule has 1 unspecified atom stereocenters. The van der Waals surface area contributed by atoms with Crippen LogP contribution in [0.3, 0.4) is 0 Å². The molecule has 1 aliphatic heterocycles. The van der Waals surface area contributed by atoms with Crippen molar-refractivity contribution in [2.45, 2.75) is 6.10 Å². The third-order valence-corrected chi connectivity index (χ3v) is 4.86. The lowest BCUT2D eigenvalue weighted by atomic mass is 10.0. The first-order valence-electron chi connectivity index (χ1n) is 8.84. The summed E-state index contributed by atoms with van der Waals surface area (Å²) in [6.07, 6.45) is 1.55. The van der Waals surface area contributed by atoms with E-state index < -0.39 is 5.91 Å². The molecular weight excluding hydrogens is 342 g/mol. The molecule has 0 radical (unpaired) electrons. The fourth-order valence-electron chi connectivity index (χ4n) is 3.37. The van der Waals surface area contributed by atoms with Crippen molar-refractivity contribution < 1.29 is 14.3 Å². The van der Waals surface area contributed by atoms with Crippen molar-refractivity contribution in [3.63, 3.8) is 0 Å². The molecular formula is C21H21N3O3.